The molecular weight excluding hydrogens is 154 g/mol. The molecule has 1 saturated heterocycles. The second-order valence-electron chi connectivity index (χ2n) is 3.46. The molecule has 0 bridgehead atoms. The van der Waals surface area contributed by atoms with Crippen LogP contribution in [0.2, 0.25) is 0 Å². The number of hydrogen-bond donors (Lipinski definition) is 0. The Kier molecular flexibility index (Phi) is 3.09. The van der Waals surface area contributed by atoms with Gasteiger partial charge < -0.3 is 9.64 Å². The SMILES string of the molecule is CCC(=O)N1CC(OC(C)C)C1. The highest BCUT2D eigenvalue weighted by Crippen LogP contribution is 2.14. The highest BCUT2D eigenvalue weighted by Gasteiger charge is 2.30. The summed E-state index contributed by atoms with van der Waals surface area (Å²) in [5, 5.41) is 0. The first-order valence-corrected chi connectivity index (χ1v) is 4.56. The van der Waals surface area contributed by atoms with Crippen molar-refractivity contribution < 1.29 is 9.53 Å². The Morgan fingerprint density at radius 3 is 2.58 bits per heavy atom. The third-order valence-corrected chi connectivity index (χ3v) is 1.97. The van der Waals surface area contributed by atoms with Crippen LogP contribution in [0.3, 0.4) is 0 Å². The predicted molar refractivity (Wildman–Crippen MR) is 46.9 cm³/mol. The van der Waals surface area contributed by atoms with E-state index < -0.39 is 0 Å². The molecule has 0 aromatic carbocycles. The van der Waals surface area contributed by atoms with E-state index in [1.807, 2.05) is 25.7 Å². The van der Waals surface area contributed by atoms with Crippen LogP contribution >= 0.6 is 0 Å². The molecule has 70 valence electrons. The molecule has 1 rings (SSSR count). The van der Waals surface area contributed by atoms with Crippen LogP contribution in [-0.2, 0) is 9.53 Å². The Labute approximate surface area is 73.7 Å². The van der Waals surface area contributed by atoms with E-state index in [0.717, 1.165) is 13.1 Å². The van der Waals surface area contributed by atoms with E-state index in [0.29, 0.717) is 6.42 Å². The fourth-order valence-electron chi connectivity index (χ4n) is 1.34. The Morgan fingerprint density at radius 2 is 2.17 bits per heavy atom. The van der Waals surface area contributed by atoms with E-state index in [1.165, 1.54) is 0 Å². The lowest BCUT2D eigenvalue weighted by molar-refractivity contribution is -0.147. The van der Waals surface area contributed by atoms with Gasteiger partial charge in [-0.2, -0.15) is 0 Å². The van der Waals surface area contributed by atoms with E-state index in [9.17, 15) is 4.79 Å². The van der Waals surface area contributed by atoms with E-state index in [1.54, 1.807) is 0 Å². The normalized spacial score (nSPS) is 18.2. The van der Waals surface area contributed by atoms with Crippen molar-refractivity contribution in [2.24, 2.45) is 0 Å². The molecule has 1 aliphatic heterocycles. The Morgan fingerprint density at radius 1 is 1.58 bits per heavy atom. The van der Waals surface area contributed by atoms with Gasteiger partial charge in [-0.05, 0) is 13.8 Å². The molecule has 0 radical (unpaired) electrons. The zero-order valence-corrected chi connectivity index (χ0v) is 8.04. The van der Waals surface area contributed by atoms with E-state index in [-0.39, 0.29) is 18.1 Å². The van der Waals surface area contributed by atoms with Crippen molar-refractivity contribution >= 4 is 5.91 Å². The standard InChI is InChI=1S/C9H17NO2/c1-4-9(11)10-5-8(6-10)12-7(2)3/h7-8H,4-6H2,1-3H3. The Bertz CT molecular complexity index is 162. The number of nitrogens with zero attached hydrogens (tertiary/aromatic N) is 1. The van der Waals surface area contributed by atoms with Crippen LogP contribution in [0, 0.1) is 0 Å². The van der Waals surface area contributed by atoms with Crippen molar-refractivity contribution in [3.8, 4) is 0 Å². The summed E-state index contributed by atoms with van der Waals surface area (Å²) in [6.45, 7) is 7.49. The maximum atomic E-state index is 11.1. The first kappa shape index (κ1) is 9.52. The second kappa shape index (κ2) is 3.90. The summed E-state index contributed by atoms with van der Waals surface area (Å²) in [7, 11) is 0. The van der Waals surface area contributed by atoms with Gasteiger partial charge in [-0.3, -0.25) is 4.79 Å². The van der Waals surface area contributed by atoms with Gasteiger partial charge in [0.1, 0.15) is 0 Å². The number of ether oxygens (including phenoxy) is 1. The molecule has 0 aromatic heterocycles. The number of hydrogen-bond acceptors (Lipinski definition) is 2. The third kappa shape index (κ3) is 2.21. The molecule has 1 amide bonds. The molecule has 12 heavy (non-hydrogen) atoms. The lowest BCUT2D eigenvalue weighted by Crippen LogP contribution is -2.55. The summed E-state index contributed by atoms with van der Waals surface area (Å²) in [4.78, 5) is 12.9. The summed E-state index contributed by atoms with van der Waals surface area (Å²) >= 11 is 0. The number of likely N-dealkylation sites (tertiary alicyclic amines) is 1. The second-order valence-corrected chi connectivity index (χ2v) is 3.46. The Hall–Kier alpha value is -0.570. The molecule has 3 heteroatoms. The maximum Gasteiger partial charge on any atom is 0.222 e. The highest BCUT2D eigenvalue weighted by molar-refractivity contribution is 5.76. The van der Waals surface area contributed by atoms with Crippen molar-refractivity contribution in [2.75, 3.05) is 13.1 Å². The monoisotopic (exact) mass is 171 g/mol. The third-order valence-electron chi connectivity index (χ3n) is 1.97. The molecule has 1 fully saturated rings. The average molecular weight is 171 g/mol. The van der Waals surface area contributed by atoms with Gasteiger partial charge in [0.25, 0.3) is 0 Å². The van der Waals surface area contributed by atoms with Crippen molar-refractivity contribution in [2.45, 2.75) is 39.4 Å². The van der Waals surface area contributed by atoms with Gasteiger partial charge in [-0.25, -0.2) is 0 Å². The summed E-state index contributed by atoms with van der Waals surface area (Å²) in [5.74, 6) is 0.235. The number of amides is 1. The van der Waals surface area contributed by atoms with Gasteiger partial charge in [-0.15, -0.1) is 0 Å². The first-order chi connectivity index (χ1) is 5.63. The van der Waals surface area contributed by atoms with Crippen LogP contribution in [0.15, 0.2) is 0 Å². The number of carbonyl (C=O) groups is 1. The molecule has 0 aromatic rings. The van der Waals surface area contributed by atoms with Crippen molar-refractivity contribution in [1.82, 2.24) is 4.90 Å². The van der Waals surface area contributed by atoms with Crippen molar-refractivity contribution in [1.29, 1.82) is 0 Å². The zero-order valence-electron chi connectivity index (χ0n) is 8.04. The van der Waals surface area contributed by atoms with Gasteiger partial charge >= 0.3 is 0 Å². The molecule has 0 saturated carbocycles. The molecule has 0 unspecified atom stereocenters. The van der Waals surface area contributed by atoms with Gasteiger partial charge in [0.15, 0.2) is 0 Å². The van der Waals surface area contributed by atoms with Crippen LogP contribution in [0.1, 0.15) is 27.2 Å². The smallest absolute Gasteiger partial charge is 0.222 e. The predicted octanol–water partition coefficient (Wildman–Crippen LogP) is 1.03. The summed E-state index contributed by atoms with van der Waals surface area (Å²) < 4.78 is 5.52. The van der Waals surface area contributed by atoms with Gasteiger partial charge in [0.2, 0.25) is 5.91 Å². The average Bonchev–Trinajstić information content (AvgIpc) is 1.94. The topological polar surface area (TPSA) is 29.5 Å². The molecule has 0 N–H and O–H groups in total. The van der Waals surface area contributed by atoms with E-state index >= 15 is 0 Å². The van der Waals surface area contributed by atoms with E-state index in [4.69, 9.17) is 4.74 Å². The molecule has 0 aliphatic carbocycles. The van der Waals surface area contributed by atoms with Gasteiger partial charge in [-0.1, -0.05) is 6.92 Å². The quantitative estimate of drug-likeness (QED) is 0.634. The summed E-state index contributed by atoms with van der Waals surface area (Å²) in [6, 6.07) is 0. The lowest BCUT2D eigenvalue weighted by Gasteiger charge is -2.39. The van der Waals surface area contributed by atoms with Crippen LogP contribution in [-0.4, -0.2) is 36.1 Å². The molecule has 0 atom stereocenters. The fourth-order valence-corrected chi connectivity index (χ4v) is 1.34. The number of carbonyl (C=O) groups excluding carboxylic acids is 1. The molecule has 1 aliphatic rings. The van der Waals surface area contributed by atoms with E-state index in [2.05, 4.69) is 0 Å². The molecule has 0 spiro atoms. The molecule has 3 nitrogen and oxygen atoms in total. The minimum absolute atomic E-state index is 0.235. The summed E-state index contributed by atoms with van der Waals surface area (Å²) in [5.41, 5.74) is 0. The lowest BCUT2D eigenvalue weighted by atomic mass is 10.1. The van der Waals surface area contributed by atoms with Crippen LogP contribution < -0.4 is 0 Å². The first-order valence-electron chi connectivity index (χ1n) is 4.56. The number of rotatable bonds is 3. The Balaban J connectivity index is 2.15. The van der Waals surface area contributed by atoms with Crippen molar-refractivity contribution in [3.05, 3.63) is 0 Å². The fraction of sp³-hybridized carbons (Fsp3) is 0.889. The van der Waals surface area contributed by atoms with Crippen LogP contribution in [0.5, 0.6) is 0 Å². The van der Waals surface area contributed by atoms with Gasteiger partial charge in [0.05, 0.1) is 12.2 Å². The molecule has 1 heterocycles. The highest BCUT2D eigenvalue weighted by atomic mass is 16.5. The minimum Gasteiger partial charge on any atom is -0.372 e. The summed E-state index contributed by atoms with van der Waals surface area (Å²) in [6.07, 6.45) is 1.16. The largest absolute Gasteiger partial charge is 0.372 e. The van der Waals surface area contributed by atoms with Crippen LogP contribution in [0.4, 0.5) is 0 Å². The van der Waals surface area contributed by atoms with Gasteiger partial charge in [0, 0.05) is 19.5 Å². The maximum absolute atomic E-state index is 11.1. The van der Waals surface area contributed by atoms with Crippen molar-refractivity contribution in [3.63, 3.8) is 0 Å². The zero-order chi connectivity index (χ0) is 9.14. The minimum atomic E-state index is 0.235. The van der Waals surface area contributed by atoms with Crippen LogP contribution in [0.25, 0.3) is 0 Å². The molecular formula is C9H17NO2.